The van der Waals surface area contributed by atoms with E-state index in [1.54, 1.807) is 0 Å². The predicted molar refractivity (Wildman–Crippen MR) is 48.2 cm³/mol. The normalized spacial score (nSPS) is 38.8. The summed E-state index contributed by atoms with van der Waals surface area (Å²) in [5, 5.41) is 3.44. The molecule has 2 heterocycles. The van der Waals surface area contributed by atoms with Crippen LogP contribution in [0.4, 0.5) is 0 Å². The molecule has 0 aromatic rings. The van der Waals surface area contributed by atoms with Crippen LogP contribution in [0.25, 0.3) is 0 Å². The molecule has 0 bridgehead atoms. The van der Waals surface area contributed by atoms with Crippen molar-refractivity contribution in [2.75, 3.05) is 39.4 Å². The van der Waals surface area contributed by atoms with Gasteiger partial charge in [0.25, 0.3) is 0 Å². The quantitative estimate of drug-likeness (QED) is 0.596. The Morgan fingerprint density at radius 3 is 2.58 bits per heavy atom. The van der Waals surface area contributed by atoms with Crippen molar-refractivity contribution in [2.45, 2.75) is 13.0 Å². The van der Waals surface area contributed by atoms with Crippen molar-refractivity contribution in [3.05, 3.63) is 0 Å². The lowest BCUT2D eigenvalue weighted by molar-refractivity contribution is 0.0132. The molecule has 12 heavy (non-hydrogen) atoms. The van der Waals surface area contributed by atoms with Crippen LogP contribution >= 0.6 is 0 Å². The lowest BCUT2D eigenvalue weighted by atomic mass is 10.0. The second-order valence-electron chi connectivity index (χ2n) is 3.85. The van der Waals surface area contributed by atoms with E-state index in [2.05, 4.69) is 17.1 Å². The maximum Gasteiger partial charge on any atom is 0.0594 e. The zero-order valence-corrected chi connectivity index (χ0v) is 7.75. The van der Waals surface area contributed by atoms with Gasteiger partial charge in [-0.25, -0.2) is 0 Å². The largest absolute Gasteiger partial charge is 0.379 e. The summed E-state index contributed by atoms with van der Waals surface area (Å²) in [5.41, 5.74) is 0. The molecule has 0 amide bonds. The van der Waals surface area contributed by atoms with E-state index in [4.69, 9.17) is 4.74 Å². The molecular weight excluding hydrogens is 152 g/mol. The Hall–Kier alpha value is -0.120. The third-order valence-corrected chi connectivity index (χ3v) is 2.99. The van der Waals surface area contributed by atoms with Gasteiger partial charge in [0.15, 0.2) is 0 Å². The van der Waals surface area contributed by atoms with Gasteiger partial charge >= 0.3 is 0 Å². The molecule has 0 aromatic carbocycles. The molecule has 2 saturated heterocycles. The average Bonchev–Trinajstić information content (AvgIpc) is 2.53. The third-order valence-electron chi connectivity index (χ3n) is 2.99. The molecule has 0 saturated carbocycles. The zero-order valence-electron chi connectivity index (χ0n) is 7.75. The Morgan fingerprint density at radius 2 is 2.00 bits per heavy atom. The van der Waals surface area contributed by atoms with E-state index in [1.165, 1.54) is 13.1 Å². The van der Waals surface area contributed by atoms with Gasteiger partial charge in [-0.1, -0.05) is 6.92 Å². The van der Waals surface area contributed by atoms with Gasteiger partial charge in [-0.2, -0.15) is 0 Å². The Labute approximate surface area is 74.1 Å². The first kappa shape index (κ1) is 8.48. The van der Waals surface area contributed by atoms with E-state index >= 15 is 0 Å². The van der Waals surface area contributed by atoms with E-state index in [9.17, 15) is 0 Å². The van der Waals surface area contributed by atoms with Crippen molar-refractivity contribution >= 4 is 0 Å². The molecule has 0 aromatic heterocycles. The molecule has 3 heteroatoms. The number of rotatable bonds is 1. The van der Waals surface area contributed by atoms with Crippen molar-refractivity contribution in [1.29, 1.82) is 0 Å². The molecule has 2 aliphatic heterocycles. The summed E-state index contributed by atoms with van der Waals surface area (Å²) in [4.78, 5) is 2.56. The van der Waals surface area contributed by atoms with Crippen LogP contribution in [0.2, 0.25) is 0 Å². The Morgan fingerprint density at radius 1 is 1.25 bits per heavy atom. The molecule has 3 nitrogen and oxygen atoms in total. The number of ether oxygens (including phenoxy) is 1. The second kappa shape index (κ2) is 3.73. The van der Waals surface area contributed by atoms with Crippen LogP contribution in [-0.4, -0.2) is 50.3 Å². The topological polar surface area (TPSA) is 24.5 Å². The average molecular weight is 170 g/mol. The van der Waals surface area contributed by atoms with Crippen LogP contribution < -0.4 is 5.32 Å². The second-order valence-corrected chi connectivity index (χ2v) is 3.85. The van der Waals surface area contributed by atoms with E-state index in [0.717, 1.165) is 38.3 Å². The van der Waals surface area contributed by atoms with Gasteiger partial charge in [-0.3, -0.25) is 4.90 Å². The minimum Gasteiger partial charge on any atom is -0.379 e. The summed E-state index contributed by atoms with van der Waals surface area (Å²) in [5.74, 6) is 0.808. The Bertz CT molecular complexity index is 145. The van der Waals surface area contributed by atoms with E-state index in [0.29, 0.717) is 0 Å². The number of hydrogen-bond acceptors (Lipinski definition) is 3. The summed E-state index contributed by atoms with van der Waals surface area (Å²) in [6, 6.07) is 0.758. The minimum absolute atomic E-state index is 0.758. The predicted octanol–water partition coefficient (Wildman–Crippen LogP) is -0.0735. The summed E-state index contributed by atoms with van der Waals surface area (Å²) in [7, 11) is 0. The van der Waals surface area contributed by atoms with Crippen LogP contribution in [-0.2, 0) is 4.74 Å². The summed E-state index contributed by atoms with van der Waals surface area (Å²) in [6.07, 6.45) is 0. The Kier molecular flexibility index (Phi) is 2.63. The fraction of sp³-hybridized carbons (Fsp3) is 1.00. The lowest BCUT2D eigenvalue weighted by Crippen LogP contribution is -2.46. The van der Waals surface area contributed by atoms with Crippen LogP contribution in [0.3, 0.4) is 0 Å². The minimum atomic E-state index is 0.758. The maximum absolute atomic E-state index is 5.33. The standard InChI is InChI=1S/C9H18N2O/c1-8-6-10-7-9(8)11-2-4-12-5-3-11/h8-10H,2-7H2,1H3/t8-,9-/m0/s1. The van der Waals surface area contributed by atoms with Crippen molar-refractivity contribution in [3.63, 3.8) is 0 Å². The van der Waals surface area contributed by atoms with Gasteiger partial charge in [-0.05, 0) is 12.5 Å². The molecule has 0 radical (unpaired) electrons. The highest BCUT2D eigenvalue weighted by Crippen LogP contribution is 2.16. The van der Waals surface area contributed by atoms with Crippen molar-refractivity contribution < 1.29 is 4.74 Å². The SMILES string of the molecule is C[C@H]1CNC[C@@H]1N1CCOCC1. The van der Waals surface area contributed by atoms with E-state index in [1.807, 2.05) is 0 Å². The molecule has 0 aliphatic carbocycles. The number of morpholine rings is 1. The fourth-order valence-electron chi connectivity index (χ4n) is 2.19. The van der Waals surface area contributed by atoms with Crippen molar-refractivity contribution in [2.24, 2.45) is 5.92 Å². The molecular formula is C9H18N2O. The Balaban J connectivity index is 1.89. The summed E-state index contributed by atoms with van der Waals surface area (Å²) < 4.78 is 5.33. The fourth-order valence-corrected chi connectivity index (χ4v) is 2.19. The van der Waals surface area contributed by atoms with Crippen LogP contribution in [0.5, 0.6) is 0 Å². The van der Waals surface area contributed by atoms with Crippen molar-refractivity contribution in [1.82, 2.24) is 10.2 Å². The van der Waals surface area contributed by atoms with Gasteiger partial charge in [0.1, 0.15) is 0 Å². The molecule has 70 valence electrons. The monoisotopic (exact) mass is 170 g/mol. The van der Waals surface area contributed by atoms with Crippen molar-refractivity contribution in [3.8, 4) is 0 Å². The molecule has 2 atom stereocenters. The molecule has 0 unspecified atom stereocenters. The van der Waals surface area contributed by atoms with E-state index < -0.39 is 0 Å². The molecule has 2 aliphatic rings. The summed E-state index contributed by atoms with van der Waals surface area (Å²) >= 11 is 0. The first-order chi connectivity index (χ1) is 5.88. The highest BCUT2D eigenvalue weighted by Gasteiger charge is 2.29. The van der Waals surface area contributed by atoms with Gasteiger partial charge in [0.05, 0.1) is 13.2 Å². The lowest BCUT2D eigenvalue weighted by Gasteiger charge is -2.33. The number of nitrogens with zero attached hydrogens (tertiary/aromatic N) is 1. The molecule has 1 N–H and O–H groups in total. The first-order valence-corrected chi connectivity index (χ1v) is 4.90. The highest BCUT2D eigenvalue weighted by atomic mass is 16.5. The van der Waals surface area contributed by atoms with Gasteiger partial charge in [0.2, 0.25) is 0 Å². The molecule has 2 rings (SSSR count). The third kappa shape index (κ3) is 1.63. The number of hydrogen-bond donors (Lipinski definition) is 1. The molecule has 0 spiro atoms. The summed E-state index contributed by atoms with van der Waals surface area (Å²) in [6.45, 7) is 8.77. The van der Waals surface area contributed by atoms with Crippen LogP contribution in [0, 0.1) is 5.92 Å². The zero-order chi connectivity index (χ0) is 8.39. The first-order valence-electron chi connectivity index (χ1n) is 4.90. The maximum atomic E-state index is 5.33. The van der Waals surface area contributed by atoms with Crippen LogP contribution in [0.15, 0.2) is 0 Å². The van der Waals surface area contributed by atoms with Crippen LogP contribution in [0.1, 0.15) is 6.92 Å². The highest BCUT2D eigenvalue weighted by molar-refractivity contribution is 4.86. The smallest absolute Gasteiger partial charge is 0.0594 e. The van der Waals surface area contributed by atoms with Gasteiger partial charge < -0.3 is 10.1 Å². The molecule has 2 fully saturated rings. The van der Waals surface area contributed by atoms with E-state index in [-0.39, 0.29) is 0 Å². The van der Waals surface area contributed by atoms with Gasteiger partial charge in [-0.15, -0.1) is 0 Å². The van der Waals surface area contributed by atoms with Gasteiger partial charge in [0, 0.05) is 25.7 Å². The number of nitrogens with one attached hydrogen (secondary N) is 1.